The SMILES string of the molecule is CNC(=O)[C@H](CCc1ccccc1)NC(=O)CNC(=O)[C@H](CCCNC(N)=O)NC(=O)[C@@H]1CCCN1C(=O)[C@H](CCC(=O)O)NC(=O)CCNC(=S)Nc1ccc2c(c1)C(=O)OC21c2ccc(O)cc2Oc2cc(O)ccc21. The van der Waals surface area contributed by atoms with Crippen molar-refractivity contribution in [3.8, 4) is 23.0 Å². The van der Waals surface area contributed by atoms with E-state index in [1.807, 2.05) is 30.3 Å². The number of urea groups is 1. The molecule has 0 aromatic heterocycles. The summed E-state index contributed by atoms with van der Waals surface area (Å²) in [6.45, 7) is -0.502. The number of nitrogens with one attached hydrogen (secondary N) is 8. The van der Waals surface area contributed by atoms with Crippen molar-refractivity contribution in [2.45, 2.75) is 87.6 Å². The number of likely N-dealkylation sites (tertiary alicyclic amines) is 1. The number of primary amides is 1. The van der Waals surface area contributed by atoms with Gasteiger partial charge in [0.15, 0.2) is 10.7 Å². The number of amides is 8. The highest BCUT2D eigenvalue weighted by atomic mass is 32.1. The van der Waals surface area contributed by atoms with Crippen molar-refractivity contribution in [1.29, 1.82) is 0 Å². The summed E-state index contributed by atoms with van der Waals surface area (Å²) in [4.78, 5) is 119. The van der Waals surface area contributed by atoms with Gasteiger partial charge in [0.2, 0.25) is 35.4 Å². The molecule has 4 aromatic carbocycles. The number of rotatable bonds is 23. The number of carboxylic acid groups (broad SMARTS) is 1. The number of aryl methyl sites for hydroxylation is 1. The highest BCUT2D eigenvalue weighted by Gasteiger charge is 2.54. The van der Waals surface area contributed by atoms with Crippen molar-refractivity contribution < 1.29 is 67.9 Å². The van der Waals surface area contributed by atoms with Gasteiger partial charge in [0.1, 0.15) is 47.2 Å². The number of thiocarbonyl (C=S) groups is 1. The summed E-state index contributed by atoms with van der Waals surface area (Å²) in [6, 6.07) is 17.5. The Hall–Kier alpha value is -9.00. The lowest BCUT2D eigenvalue weighted by Crippen LogP contribution is -2.57. The summed E-state index contributed by atoms with van der Waals surface area (Å²) in [5.41, 5.74) is 6.60. The summed E-state index contributed by atoms with van der Waals surface area (Å²) in [5.74, 6) is -5.64. The number of carbonyl (C=O) groups excluding carboxylic acids is 8. The fourth-order valence-electron chi connectivity index (χ4n) is 9.53. The second kappa shape index (κ2) is 25.7. The zero-order chi connectivity index (χ0) is 56.1. The predicted octanol–water partition coefficient (Wildman–Crippen LogP) is 1.60. The van der Waals surface area contributed by atoms with Crippen LogP contribution in [0.25, 0.3) is 0 Å². The first kappa shape index (κ1) is 56.7. The molecule has 7 rings (SSSR count). The molecule has 0 radical (unpaired) electrons. The largest absolute Gasteiger partial charge is 0.508 e. The van der Waals surface area contributed by atoms with Crippen molar-refractivity contribution in [2.24, 2.45) is 5.73 Å². The summed E-state index contributed by atoms with van der Waals surface area (Å²) in [6.07, 6.45) is 0.329. The number of nitrogens with zero attached hydrogens (tertiary/aromatic N) is 1. The normalized spacial score (nSPS) is 15.5. The number of carboxylic acids is 1. The Morgan fingerprint density at radius 3 is 2.09 bits per heavy atom. The van der Waals surface area contributed by atoms with E-state index in [1.165, 1.54) is 42.3 Å². The van der Waals surface area contributed by atoms with Crippen molar-refractivity contribution >= 4 is 76.4 Å². The van der Waals surface area contributed by atoms with E-state index in [9.17, 15) is 58.5 Å². The zero-order valence-electron chi connectivity index (χ0n) is 42.3. The third-order valence-electron chi connectivity index (χ3n) is 13.3. The fourth-order valence-corrected chi connectivity index (χ4v) is 9.75. The molecule has 1 fully saturated rings. The zero-order valence-corrected chi connectivity index (χ0v) is 43.2. The fraction of sp³-hybridized carbons (Fsp3) is 0.358. The Morgan fingerprint density at radius 2 is 1.42 bits per heavy atom. The average Bonchev–Trinajstić information content (AvgIpc) is 4.13. The van der Waals surface area contributed by atoms with Crippen LogP contribution in [0.15, 0.2) is 84.9 Å². The van der Waals surface area contributed by atoms with Crippen LogP contribution in [0.2, 0.25) is 0 Å². The molecule has 78 heavy (non-hydrogen) atoms. The molecule has 25 heteroatoms. The van der Waals surface area contributed by atoms with Gasteiger partial charge in [-0.25, -0.2) is 9.59 Å². The first-order chi connectivity index (χ1) is 37.4. The van der Waals surface area contributed by atoms with Crippen molar-refractivity contribution in [3.05, 3.63) is 113 Å². The quantitative estimate of drug-likeness (QED) is 0.0285. The molecule has 4 aromatic rings. The Balaban J connectivity index is 0.940. The molecule has 3 heterocycles. The second-order valence-corrected chi connectivity index (χ2v) is 19.0. The molecule has 3 aliphatic heterocycles. The van der Waals surface area contributed by atoms with Crippen LogP contribution in [0.3, 0.4) is 0 Å². The Bertz CT molecular complexity index is 2930. The molecule has 0 saturated carbocycles. The van der Waals surface area contributed by atoms with E-state index in [0.717, 1.165) is 5.56 Å². The summed E-state index contributed by atoms with van der Waals surface area (Å²) in [5, 5.41) is 51.2. The van der Waals surface area contributed by atoms with Crippen LogP contribution >= 0.6 is 12.2 Å². The number of carbonyl (C=O) groups is 9. The molecule has 1 saturated heterocycles. The number of ether oxygens (including phenoxy) is 2. The van der Waals surface area contributed by atoms with Crippen LogP contribution in [0.1, 0.15) is 84.0 Å². The number of likely N-dealkylation sites (N-methyl/N-ethyl adjacent to an activating group) is 1. The molecule has 0 unspecified atom stereocenters. The van der Waals surface area contributed by atoms with E-state index in [0.29, 0.717) is 35.2 Å². The van der Waals surface area contributed by atoms with E-state index in [2.05, 4.69) is 42.5 Å². The summed E-state index contributed by atoms with van der Waals surface area (Å²) in [7, 11) is 1.43. The van der Waals surface area contributed by atoms with Crippen molar-refractivity contribution in [3.63, 3.8) is 0 Å². The van der Waals surface area contributed by atoms with Crippen molar-refractivity contribution in [2.75, 3.05) is 38.5 Å². The minimum atomic E-state index is -1.48. The Labute approximate surface area is 452 Å². The number of anilines is 1. The van der Waals surface area contributed by atoms with Crippen LogP contribution in [-0.2, 0) is 50.3 Å². The van der Waals surface area contributed by atoms with Crippen molar-refractivity contribution in [1.82, 2.24) is 42.1 Å². The number of phenolic OH excluding ortho intramolecular Hbond substituents is 2. The Kier molecular flexibility index (Phi) is 18.7. The molecule has 412 valence electrons. The van der Waals surface area contributed by atoms with Gasteiger partial charge >= 0.3 is 18.0 Å². The van der Waals surface area contributed by atoms with Crippen LogP contribution in [0, 0.1) is 0 Å². The smallest absolute Gasteiger partial charge is 0.340 e. The molecule has 0 bridgehead atoms. The van der Waals surface area contributed by atoms with Crippen LogP contribution in [-0.4, -0.2) is 136 Å². The number of hydrogen-bond acceptors (Lipinski definition) is 14. The van der Waals surface area contributed by atoms with Gasteiger partial charge in [0.05, 0.1) is 12.1 Å². The maximum Gasteiger partial charge on any atom is 0.340 e. The van der Waals surface area contributed by atoms with Gasteiger partial charge in [-0.3, -0.25) is 33.6 Å². The molecule has 0 aliphatic carbocycles. The third-order valence-corrected chi connectivity index (χ3v) is 13.5. The number of fused-ring (bicyclic) bond motifs is 6. The van der Waals surface area contributed by atoms with Crippen LogP contribution in [0.4, 0.5) is 10.5 Å². The topological polar surface area (TPSA) is 358 Å². The van der Waals surface area contributed by atoms with Gasteiger partial charge in [0, 0.05) is 74.0 Å². The first-order valence-electron chi connectivity index (χ1n) is 25.1. The maximum absolute atomic E-state index is 14.1. The van der Waals surface area contributed by atoms with Gasteiger partial charge in [-0.1, -0.05) is 36.4 Å². The number of nitrogens with two attached hydrogens (primary N) is 1. The molecule has 8 amide bonds. The van der Waals surface area contributed by atoms with E-state index in [1.54, 1.807) is 24.3 Å². The lowest BCUT2D eigenvalue weighted by Gasteiger charge is -2.36. The molecule has 1 spiro atoms. The van der Waals surface area contributed by atoms with Gasteiger partial charge in [0.25, 0.3) is 0 Å². The Morgan fingerprint density at radius 1 is 0.756 bits per heavy atom. The number of esters is 1. The highest BCUT2D eigenvalue weighted by molar-refractivity contribution is 7.80. The number of hydrogen-bond donors (Lipinski definition) is 12. The van der Waals surface area contributed by atoms with E-state index < -0.39 is 96.1 Å². The van der Waals surface area contributed by atoms with E-state index in [-0.39, 0.29) is 91.8 Å². The molecule has 13 N–H and O–H groups in total. The molecular weight excluding hydrogens is 1030 g/mol. The van der Waals surface area contributed by atoms with E-state index >= 15 is 0 Å². The van der Waals surface area contributed by atoms with Gasteiger partial charge < -0.3 is 78.0 Å². The van der Waals surface area contributed by atoms with E-state index in [4.69, 9.17) is 27.4 Å². The molecule has 24 nitrogen and oxygen atoms in total. The average molecular weight is 1090 g/mol. The number of benzene rings is 4. The first-order valence-corrected chi connectivity index (χ1v) is 25.5. The summed E-state index contributed by atoms with van der Waals surface area (Å²) >= 11 is 5.49. The van der Waals surface area contributed by atoms with Crippen LogP contribution in [0.5, 0.6) is 23.0 Å². The minimum absolute atomic E-state index is 0.0350. The van der Waals surface area contributed by atoms with Gasteiger partial charge in [-0.05, 0) is 99.1 Å². The number of aliphatic carboxylic acids is 1. The number of phenols is 2. The highest BCUT2D eigenvalue weighted by Crippen LogP contribution is 2.57. The monoisotopic (exact) mass is 1090 g/mol. The number of aromatic hydroxyl groups is 2. The lowest BCUT2D eigenvalue weighted by molar-refractivity contribution is -0.143. The lowest BCUT2D eigenvalue weighted by atomic mass is 9.77. The molecular formula is C53H60N10O14S. The van der Waals surface area contributed by atoms with Gasteiger partial charge in [-0.15, -0.1) is 0 Å². The summed E-state index contributed by atoms with van der Waals surface area (Å²) < 4.78 is 12.1. The molecule has 4 atom stereocenters. The predicted molar refractivity (Wildman–Crippen MR) is 283 cm³/mol. The maximum atomic E-state index is 14.1. The molecule has 3 aliphatic rings. The standard InChI is InChI=1S/C53H60N10O14S/c1-55-46(70)38(18-11-29-7-3-2-4-8-29)60-44(67)28-58-47(71)37(9-5-22-56-51(54)75)62-48(72)40-10-6-24-63(40)49(73)39(19-20-45(68)69)61-43(66)21-23-57-52(78)59-30-12-15-34-33(25-30)50(74)77-53(34)35-16-13-31(64)26-41(35)76-42-27-32(65)14-17-36(42)53/h2-4,7-8,12-17,25-27,37-40,64-65H,5-6,9-11,18-24,28H2,1H3,(H,55,70)(H,58,71)(H,60,67)(H,61,66)(H,62,72)(H,68,69)(H3,54,56,75)(H2,57,59,78)/t37-,38-,39-,40-/m0/s1. The second-order valence-electron chi connectivity index (χ2n) is 18.6. The minimum Gasteiger partial charge on any atom is -0.508 e. The van der Waals surface area contributed by atoms with Crippen LogP contribution < -0.4 is 53.0 Å². The van der Waals surface area contributed by atoms with Gasteiger partial charge in [-0.2, -0.15) is 0 Å². The third kappa shape index (κ3) is 13.9.